The Hall–Kier alpha value is -9.69. The number of ketones is 1. The van der Waals surface area contributed by atoms with E-state index in [1.807, 2.05) is 36.4 Å². The Kier molecular flexibility index (Phi) is 30.0. The summed E-state index contributed by atoms with van der Waals surface area (Å²) in [6.07, 6.45) is 2.69. The summed E-state index contributed by atoms with van der Waals surface area (Å²) in [6.45, 7) is 59.3. The number of nitrogens with two attached hydrogens (primary N) is 1. The molecule has 0 aliphatic carbocycles. The molecule has 0 spiro atoms. The summed E-state index contributed by atoms with van der Waals surface area (Å²) in [4.78, 5) is 23.1. The number of benzene rings is 9. The Balaban J connectivity index is 0.000000245. The number of rotatable bonds is 12. The van der Waals surface area contributed by atoms with Gasteiger partial charge in [0.05, 0.1) is 23.5 Å². The van der Waals surface area contributed by atoms with Gasteiger partial charge >= 0.3 is 5.97 Å². The van der Waals surface area contributed by atoms with Crippen LogP contribution in [0.25, 0.3) is 5.57 Å². The molecule has 0 unspecified atom stereocenters. The van der Waals surface area contributed by atoms with E-state index in [4.69, 9.17) is 16.2 Å². The molecule has 0 heterocycles. The molecule has 108 heavy (non-hydrogen) atoms. The molecule has 0 atom stereocenters. The fraction of sp³-hybridized carbons (Fsp3) is 0.396. The number of nitrogens with zero attached hydrogens (tertiary/aromatic N) is 2. The van der Waals surface area contributed by atoms with Crippen molar-refractivity contribution >= 4 is 23.2 Å². The van der Waals surface area contributed by atoms with Crippen LogP contribution in [-0.2, 0) is 48.7 Å². The van der Waals surface area contributed by atoms with Gasteiger partial charge in [-0.05, 0) is 150 Å². The molecule has 7 heteroatoms. The molecule has 9 rings (SSSR count). The molecule has 0 saturated carbocycles. The Morgan fingerprint density at radius 2 is 0.509 bits per heavy atom. The summed E-state index contributed by atoms with van der Waals surface area (Å²) in [5, 5.41) is 34.9. The standard InChI is InChI=1S/C23H32N2.C23H29N.C23H27N.C21H26O.C11H14O2/c1-22(2,3)18-11-7-16(8-12-18)20(15-21(24)25)17-9-13-19(14-10-17)23(4,5)6;2*1-22(2,3)19-11-7-17(8-12-19)21(15-16-24)18-9-13-20(14-10-18)23(4,5)6;1-20(2,3)17-11-7-15(8-12-17)19(22)16-9-13-18(14-10-16)21(4,5)6;1-11(2,3)9-6-4-8(5-7-9)10(12)13/h7-14,20H,15H2,1-6H3,(H3,24,25);7-14,21H,15H2,1-6H3;7-15H,1-6H3;7-14H,1-6H3;4-7H,1-3H3,(H,12,13). The lowest BCUT2D eigenvalue weighted by atomic mass is 9.82. The second-order valence-corrected chi connectivity index (χ2v) is 38.1. The molecule has 9 aromatic carbocycles. The van der Waals surface area contributed by atoms with Crippen LogP contribution in [0.15, 0.2) is 224 Å². The lowest BCUT2D eigenvalue weighted by Gasteiger charge is -2.23. The van der Waals surface area contributed by atoms with E-state index in [1.165, 1.54) is 66.8 Å². The SMILES string of the molecule is CC(C)(C)c1ccc(C(=CC#N)c2ccc(C(C)(C)C)cc2)cc1.CC(C)(C)c1ccc(C(=O)O)cc1.CC(C)(C)c1ccc(C(=O)c2ccc(C(C)(C)C)cc2)cc1.CC(C)(C)c1ccc(C(CC#N)c2ccc(C(C)(C)C)cc2)cc1.CC(C)(C)c1ccc(C(CC(=N)N)c2ccc(C(C)(C)C)cc2)cc1. The normalized spacial score (nSPS) is 12.1. The molecule has 0 amide bonds. The Labute approximate surface area is 652 Å². The van der Waals surface area contributed by atoms with Crippen molar-refractivity contribution in [2.75, 3.05) is 0 Å². The number of carboxylic acids is 1. The first-order chi connectivity index (χ1) is 49.7. The number of aromatic carboxylic acids is 1. The quantitative estimate of drug-likeness (QED) is 0.0479. The van der Waals surface area contributed by atoms with Crippen molar-refractivity contribution in [3.63, 3.8) is 0 Å². The van der Waals surface area contributed by atoms with E-state index in [-0.39, 0.29) is 72.2 Å². The zero-order valence-corrected chi connectivity index (χ0v) is 70.7. The van der Waals surface area contributed by atoms with Crippen LogP contribution in [-0.4, -0.2) is 22.7 Å². The summed E-state index contributed by atoms with van der Waals surface area (Å²) < 4.78 is 0. The van der Waals surface area contributed by atoms with Gasteiger partial charge in [0.2, 0.25) is 0 Å². The molecule has 0 aliphatic rings. The first-order valence-electron chi connectivity index (χ1n) is 38.3. The summed E-state index contributed by atoms with van der Waals surface area (Å²) in [7, 11) is 0. The van der Waals surface area contributed by atoms with E-state index in [9.17, 15) is 20.1 Å². The number of nitrogens with one attached hydrogen (secondary N) is 1. The maximum Gasteiger partial charge on any atom is 0.335 e. The van der Waals surface area contributed by atoms with E-state index < -0.39 is 5.97 Å². The highest BCUT2D eigenvalue weighted by Gasteiger charge is 2.25. The van der Waals surface area contributed by atoms with Crippen LogP contribution < -0.4 is 5.73 Å². The topological polar surface area (TPSA) is 152 Å². The van der Waals surface area contributed by atoms with Crippen molar-refractivity contribution in [1.82, 2.24) is 0 Å². The minimum Gasteiger partial charge on any atom is -0.478 e. The second-order valence-electron chi connectivity index (χ2n) is 38.1. The van der Waals surface area contributed by atoms with Gasteiger partial charge in [-0.3, -0.25) is 10.2 Å². The predicted molar refractivity (Wildman–Crippen MR) is 460 cm³/mol. The minimum atomic E-state index is -0.875. The van der Waals surface area contributed by atoms with Gasteiger partial charge in [-0.15, -0.1) is 0 Å². The number of carbonyl (C=O) groups excluding carboxylic acids is 1. The zero-order chi connectivity index (χ0) is 81.3. The lowest BCUT2D eigenvalue weighted by molar-refractivity contribution is 0.0696. The second kappa shape index (κ2) is 36.5. The average Bonchev–Trinajstić information content (AvgIpc) is 0.820. The number of nitriles is 2. The van der Waals surface area contributed by atoms with E-state index >= 15 is 0 Å². The highest BCUT2D eigenvalue weighted by Crippen LogP contribution is 2.37. The van der Waals surface area contributed by atoms with E-state index in [0.717, 1.165) is 33.4 Å². The van der Waals surface area contributed by atoms with Crippen molar-refractivity contribution in [2.45, 2.75) is 260 Å². The van der Waals surface area contributed by atoms with E-state index in [0.29, 0.717) is 18.4 Å². The summed E-state index contributed by atoms with van der Waals surface area (Å²) in [6, 6.07) is 79.6. The van der Waals surface area contributed by atoms with Crippen LogP contribution in [0, 0.1) is 28.1 Å². The summed E-state index contributed by atoms with van der Waals surface area (Å²) in [5.41, 5.74) is 28.2. The molecule has 0 radical (unpaired) electrons. The fourth-order valence-corrected chi connectivity index (χ4v) is 12.2. The third kappa shape index (κ3) is 26.9. The molecule has 0 saturated heterocycles. The van der Waals surface area contributed by atoms with Gasteiger partial charge in [-0.2, -0.15) is 10.5 Å². The van der Waals surface area contributed by atoms with Gasteiger partial charge in [-0.25, -0.2) is 4.79 Å². The summed E-state index contributed by atoms with van der Waals surface area (Å²) in [5.74, 6) is -0.301. The third-order valence-corrected chi connectivity index (χ3v) is 19.8. The van der Waals surface area contributed by atoms with Crippen molar-refractivity contribution in [2.24, 2.45) is 5.73 Å². The molecule has 0 bridgehead atoms. The Morgan fingerprint density at radius 1 is 0.324 bits per heavy atom. The maximum absolute atomic E-state index is 12.6. The molecule has 0 aliphatic heterocycles. The number of hydrogen-bond acceptors (Lipinski definition) is 5. The van der Waals surface area contributed by atoms with Gasteiger partial charge in [0, 0.05) is 41.9 Å². The van der Waals surface area contributed by atoms with Gasteiger partial charge in [0.15, 0.2) is 5.78 Å². The zero-order valence-electron chi connectivity index (χ0n) is 70.7. The molecule has 9 aromatic rings. The molecular weight excluding hydrogens is 1320 g/mol. The first kappa shape index (κ1) is 88.9. The number of hydrogen-bond donors (Lipinski definition) is 3. The first-order valence-corrected chi connectivity index (χ1v) is 38.3. The molecule has 570 valence electrons. The highest BCUT2D eigenvalue weighted by atomic mass is 16.4. The molecule has 0 fully saturated rings. The predicted octanol–water partition coefficient (Wildman–Crippen LogP) is 26.5. The molecule has 4 N–H and O–H groups in total. The smallest absolute Gasteiger partial charge is 0.335 e. The monoisotopic (exact) mass is 1440 g/mol. The van der Waals surface area contributed by atoms with Crippen LogP contribution in [0.5, 0.6) is 0 Å². The Bertz CT molecular complexity index is 4240. The number of carbonyl (C=O) groups is 2. The Morgan fingerprint density at radius 3 is 0.685 bits per heavy atom. The van der Waals surface area contributed by atoms with Crippen molar-refractivity contribution in [3.8, 4) is 12.1 Å². The minimum absolute atomic E-state index is 0.0804. The van der Waals surface area contributed by atoms with Crippen LogP contribution in [0.2, 0.25) is 0 Å². The van der Waals surface area contributed by atoms with Crippen LogP contribution in [0.3, 0.4) is 0 Å². The van der Waals surface area contributed by atoms with Crippen LogP contribution >= 0.6 is 0 Å². The van der Waals surface area contributed by atoms with Crippen molar-refractivity contribution in [3.05, 3.63) is 325 Å². The number of allylic oxidation sites excluding steroid dienone is 1. The lowest BCUT2D eigenvalue weighted by Crippen LogP contribution is -2.17. The molecule has 7 nitrogen and oxygen atoms in total. The number of amidine groups is 1. The number of carboxylic acid groups (broad SMARTS) is 1. The van der Waals surface area contributed by atoms with Gasteiger partial charge in [-0.1, -0.05) is 393 Å². The molecule has 0 aromatic heterocycles. The summed E-state index contributed by atoms with van der Waals surface area (Å²) >= 11 is 0. The highest BCUT2D eigenvalue weighted by molar-refractivity contribution is 6.09. The average molecular weight is 1450 g/mol. The largest absolute Gasteiger partial charge is 0.478 e. The third-order valence-electron chi connectivity index (χ3n) is 19.8. The van der Waals surface area contributed by atoms with Gasteiger partial charge in [0.1, 0.15) is 0 Å². The van der Waals surface area contributed by atoms with Crippen LogP contribution in [0.4, 0.5) is 0 Å². The maximum atomic E-state index is 12.6. The molecular formula is C101H128N4O3. The van der Waals surface area contributed by atoms with Gasteiger partial charge < -0.3 is 10.8 Å². The van der Waals surface area contributed by atoms with Crippen LogP contribution in [0.1, 0.15) is 321 Å². The van der Waals surface area contributed by atoms with Crippen molar-refractivity contribution < 1.29 is 14.7 Å². The van der Waals surface area contributed by atoms with Crippen molar-refractivity contribution in [1.29, 1.82) is 15.9 Å². The van der Waals surface area contributed by atoms with E-state index in [1.54, 1.807) is 18.2 Å². The van der Waals surface area contributed by atoms with E-state index in [2.05, 4.69) is 369 Å². The fourth-order valence-electron chi connectivity index (χ4n) is 12.2. The van der Waals surface area contributed by atoms with Gasteiger partial charge in [0.25, 0.3) is 0 Å².